The van der Waals surface area contributed by atoms with Gasteiger partial charge in [-0.05, 0) is 13.3 Å². The predicted octanol–water partition coefficient (Wildman–Crippen LogP) is 0.199. The van der Waals surface area contributed by atoms with Crippen molar-refractivity contribution >= 4 is 40.0 Å². The van der Waals surface area contributed by atoms with Crippen molar-refractivity contribution in [3.63, 3.8) is 0 Å². The van der Waals surface area contributed by atoms with Gasteiger partial charge in [0.25, 0.3) is 0 Å². The molecular weight excluding hydrogens is 367 g/mol. The first-order valence-electron chi connectivity index (χ1n) is 5.84. The highest BCUT2D eigenvalue weighted by Crippen LogP contribution is 2.18. The Morgan fingerprint density at radius 2 is 2.11 bits per heavy atom. The summed E-state index contributed by atoms with van der Waals surface area (Å²) in [6, 6.07) is 0.313. The van der Waals surface area contributed by atoms with Crippen LogP contribution in [0.3, 0.4) is 0 Å². The Balaban J connectivity index is 0.00000289. The van der Waals surface area contributed by atoms with Crippen molar-refractivity contribution in [2.75, 3.05) is 25.9 Å². The zero-order chi connectivity index (χ0) is 13.1. The zero-order valence-electron chi connectivity index (χ0n) is 11.1. The fraction of sp³-hybridized carbons (Fsp3) is 0.900. The molecule has 0 aromatic heterocycles. The molecule has 1 heterocycles. The molecule has 0 saturated carbocycles. The molecule has 108 valence electrons. The lowest BCUT2D eigenvalue weighted by molar-refractivity contribution is 0.209. The van der Waals surface area contributed by atoms with Crippen LogP contribution in [0.4, 0.5) is 0 Å². The van der Waals surface area contributed by atoms with Gasteiger partial charge in [0.15, 0.2) is 5.96 Å². The largest absolute Gasteiger partial charge is 0.370 e. The van der Waals surface area contributed by atoms with Gasteiger partial charge in [-0.3, -0.25) is 4.99 Å². The van der Waals surface area contributed by atoms with Gasteiger partial charge in [-0.2, -0.15) is 0 Å². The standard InChI is InChI=1S/C10H22N4O2S.HI/c1-4-8(2)13-10(11)12-5-9-6-14(7-9)17(3,15)16;/h8-9H,4-7H2,1-3H3,(H3,11,12,13);1H. The number of nitrogens with zero attached hydrogens (tertiary/aromatic N) is 2. The molecule has 0 aliphatic carbocycles. The average molecular weight is 390 g/mol. The van der Waals surface area contributed by atoms with E-state index in [0.29, 0.717) is 37.6 Å². The van der Waals surface area contributed by atoms with Crippen molar-refractivity contribution in [3.05, 3.63) is 0 Å². The van der Waals surface area contributed by atoms with Crippen LogP contribution in [0.2, 0.25) is 0 Å². The number of nitrogens with one attached hydrogen (secondary N) is 1. The average Bonchev–Trinajstić information content (AvgIpc) is 2.12. The van der Waals surface area contributed by atoms with Crippen LogP contribution in [0.25, 0.3) is 0 Å². The van der Waals surface area contributed by atoms with E-state index in [4.69, 9.17) is 5.73 Å². The number of nitrogens with two attached hydrogens (primary N) is 1. The van der Waals surface area contributed by atoms with E-state index in [9.17, 15) is 8.42 Å². The molecular formula is C10H23IN4O2S. The third-order valence-electron chi connectivity index (χ3n) is 2.92. The van der Waals surface area contributed by atoms with Gasteiger partial charge in [0.2, 0.25) is 10.0 Å². The number of sulfonamides is 1. The van der Waals surface area contributed by atoms with Crippen molar-refractivity contribution < 1.29 is 8.42 Å². The Hall–Kier alpha value is -0.0900. The highest BCUT2D eigenvalue weighted by Gasteiger charge is 2.32. The number of halogens is 1. The molecule has 1 aliphatic rings. The molecule has 1 unspecified atom stereocenters. The third kappa shape index (κ3) is 5.70. The number of rotatable bonds is 5. The lowest BCUT2D eigenvalue weighted by atomic mass is 10.0. The van der Waals surface area contributed by atoms with Crippen molar-refractivity contribution in [1.82, 2.24) is 9.62 Å². The Labute approximate surface area is 126 Å². The van der Waals surface area contributed by atoms with E-state index in [1.54, 1.807) is 0 Å². The van der Waals surface area contributed by atoms with Gasteiger partial charge in [-0.25, -0.2) is 12.7 Å². The minimum Gasteiger partial charge on any atom is -0.370 e. The maximum atomic E-state index is 11.1. The molecule has 1 atom stereocenters. The second-order valence-electron chi connectivity index (χ2n) is 4.63. The number of guanidine groups is 1. The minimum absolute atomic E-state index is 0. The quantitative estimate of drug-likeness (QED) is 0.399. The Bertz CT molecular complexity index is 379. The van der Waals surface area contributed by atoms with Gasteiger partial charge < -0.3 is 11.1 Å². The Morgan fingerprint density at radius 1 is 1.56 bits per heavy atom. The summed E-state index contributed by atoms with van der Waals surface area (Å²) in [6.45, 7) is 5.80. The normalized spacial score (nSPS) is 19.8. The molecule has 3 N–H and O–H groups in total. The maximum absolute atomic E-state index is 11.1. The van der Waals surface area contributed by atoms with Crippen molar-refractivity contribution in [2.45, 2.75) is 26.3 Å². The van der Waals surface area contributed by atoms with Gasteiger partial charge in [-0.15, -0.1) is 24.0 Å². The zero-order valence-corrected chi connectivity index (χ0v) is 14.2. The van der Waals surface area contributed by atoms with E-state index in [0.717, 1.165) is 6.42 Å². The summed E-state index contributed by atoms with van der Waals surface area (Å²) in [4.78, 5) is 4.21. The van der Waals surface area contributed by atoms with E-state index in [2.05, 4.69) is 17.2 Å². The van der Waals surface area contributed by atoms with E-state index >= 15 is 0 Å². The molecule has 0 spiro atoms. The first kappa shape index (κ1) is 17.9. The predicted molar refractivity (Wildman–Crippen MR) is 84.7 cm³/mol. The molecule has 1 aliphatic heterocycles. The molecule has 18 heavy (non-hydrogen) atoms. The van der Waals surface area contributed by atoms with E-state index in [1.807, 2.05) is 6.92 Å². The van der Waals surface area contributed by atoms with Crippen LogP contribution >= 0.6 is 24.0 Å². The maximum Gasteiger partial charge on any atom is 0.211 e. The van der Waals surface area contributed by atoms with Gasteiger partial charge in [0.1, 0.15) is 0 Å². The number of hydrogen-bond acceptors (Lipinski definition) is 3. The van der Waals surface area contributed by atoms with E-state index in [1.165, 1.54) is 10.6 Å². The Morgan fingerprint density at radius 3 is 2.56 bits per heavy atom. The third-order valence-corrected chi connectivity index (χ3v) is 4.16. The van der Waals surface area contributed by atoms with E-state index < -0.39 is 10.0 Å². The summed E-state index contributed by atoms with van der Waals surface area (Å²) in [6.07, 6.45) is 2.22. The molecule has 6 nitrogen and oxygen atoms in total. The second kappa shape index (κ2) is 7.49. The summed E-state index contributed by atoms with van der Waals surface area (Å²) in [5, 5.41) is 3.07. The molecule has 0 bridgehead atoms. The number of hydrogen-bond donors (Lipinski definition) is 2. The minimum atomic E-state index is -3.02. The summed E-state index contributed by atoms with van der Waals surface area (Å²) < 4.78 is 23.7. The second-order valence-corrected chi connectivity index (χ2v) is 6.61. The molecule has 1 fully saturated rings. The van der Waals surface area contributed by atoms with Crippen LogP contribution in [0.15, 0.2) is 4.99 Å². The molecule has 0 aromatic rings. The Kier molecular flexibility index (Phi) is 7.45. The molecule has 0 radical (unpaired) electrons. The SMILES string of the molecule is CCC(C)NC(N)=NCC1CN(S(C)(=O)=O)C1.I. The molecule has 1 rings (SSSR count). The van der Waals surface area contributed by atoms with Crippen LogP contribution in [0.1, 0.15) is 20.3 Å². The smallest absolute Gasteiger partial charge is 0.211 e. The fourth-order valence-electron chi connectivity index (χ4n) is 1.54. The van der Waals surface area contributed by atoms with Crippen LogP contribution in [0.5, 0.6) is 0 Å². The van der Waals surface area contributed by atoms with Crippen LogP contribution in [0, 0.1) is 5.92 Å². The van der Waals surface area contributed by atoms with Crippen LogP contribution in [-0.4, -0.2) is 50.6 Å². The molecule has 0 aromatic carbocycles. The molecule has 8 heteroatoms. The molecule has 0 amide bonds. The first-order valence-corrected chi connectivity index (χ1v) is 7.69. The van der Waals surface area contributed by atoms with Gasteiger partial charge in [0.05, 0.1) is 6.26 Å². The van der Waals surface area contributed by atoms with Gasteiger partial charge in [-0.1, -0.05) is 6.92 Å². The summed E-state index contributed by atoms with van der Waals surface area (Å²) in [7, 11) is -3.02. The van der Waals surface area contributed by atoms with Crippen molar-refractivity contribution in [3.8, 4) is 0 Å². The van der Waals surface area contributed by atoms with Crippen molar-refractivity contribution in [2.24, 2.45) is 16.6 Å². The summed E-state index contributed by atoms with van der Waals surface area (Å²) in [5.74, 6) is 0.735. The van der Waals surface area contributed by atoms with Gasteiger partial charge in [0, 0.05) is 31.6 Å². The highest BCUT2D eigenvalue weighted by atomic mass is 127. The summed E-state index contributed by atoms with van der Waals surface area (Å²) >= 11 is 0. The first-order chi connectivity index (χ1) is 7.82. The monoisotopic (exact) mass is 390 g/mol. The molecule has 1 saturated heterocycles. The topological polar surface area (TPSA) is 87.8 Å². The highest BCUT2D eigenvalue weighted by molar-refractivity contribution is 14.0. The number of aliphatic imine (C=N–C) groups is 1. The van der Waals surface area contributed by atoms with Gasteiger partial charge >= 0.3 is 0 Å². The van der Waals surface area contributed by atoms with E-state index in [-0.39, 0.29) is 24.0 Å². The van der Waals surface area contributed by atoms with Crippen LogP contribution < -0.4 is 11.1 Å². The lowest BCUT2D eigenvalue weighted by Crippen LogP contribution is -2.51. The lowest BCUT2D eigenvalue weighted by Gasteiger charge is -2.36. The van der Waals surface area contributed by atoms with Crippen molar-refractivity contribution in [1.29, 1.82) is 0 Å². The summed E-state index contributed by atoms with van der Waals surface area (Å²) in [5.41, 5.74) is 5.70. The fourth-order valence-corrected chi connectivity index (χ4v) is 2.50. The van der Waals surface area contributed by atoms with Crippen LogP contribution in [-0.2, 0) is 10.0 Å².